The molecule has 206 valence electrons. The first kappa shape index (κ1) is 28.0. The Kier molecular flexibility index (Phi) is 7.79. The van der Waals surface area contributed by atoms with Gasteiger partial charge in [-0.15, -0.1) is 0 Å². The number of carbonyl (C=O) groups excluding carboxylic acids is 2. The third-order valence-electron chi connectivity index (χ3n) is 7.40. The summed E-state index contributed by atoms with van der Waals surface area (Å²) in [5.74, 6) is 0.0126. The number of halogens is 3. The van der Waals surface area contributed by atoms with Gasteiger partial charge in [-0.2, -0.15) is 13.2 Å². The summed E-state index contributed by atoms with van der Waals surface area (Å²) < 4.78 is 43.9. The van der Waals surface area contributed by atoms with Gasteiger partial charge in [0.15, 0.2) is 0 Å². The van der Waals surface area contributed by atoms with Gasteiger partial charge in [-0.25, -0.2) is 4.79 Å². The standard InChI is InChI=1S/C29H35F3N2O4/c1-27(2,3)38-26(36)34-18-14-28(37,15-19-34)23-8-6-22(7-9-23)25(35)33-16-12-21(13-17-33)20-4-10-24(11-5-20)29(30,31)32/h4-11,21,37H,12-19H2,1-3H3. The van der Waals surface area contributed by atoms with Crippen LogP contribution in [0.2, 0.25) is 0 Å². The van der Waals surface area contributed by atoms with Gasteiger partial charge in [-0.05, 0) is 87.8 Å². The van der Waals surface area contributed by atoms with Crippen molar-refractivity contribution in [3.05, 3.63) is 70.8 Å². The number of carbonyl (C=O) groups is 2. The molecule has 0 saturated carbocycles. The molecule has 1 N–H and O–H groups in total. The molecule has 2 aromatic rings. The Balaban J connectivity index is 1.31. The molecule has 0 bridgehead atoms. The van der Waals surface area contributed by atoms with Gasteiger partial charge >= 0.3 is 12.3 Å². The monoisotopic (exact) mass is 532 g/mol. The normalized spacial score (nSPS) is 18.8. The fraction of sp³-hybridized carbons (Fsp3) is 0.517. The average Bonchev–Trinajstić information content (AvgIpc) is 2.87. The van der Waals surface area contributed by atoms with Gasteiger partial charge in [0, 0.05) is 31.7 Å². The Hall–Kier alpha value is -3.07. The molecular formula is C29H35F3N2O4. The number of ether oxygens (including phenoxy) is 1. The summed E-state index contributed by atoms with van der Waals surface area (Å²) >= 11 is 0. The minimum atomic E-state index is -4.35. The molecule has 2 aliphatic rings. The van der Waals surface area contributed by atoms with Crippen LogP contribution < -0.4 is 0 Å². The van der Waals surface area contributed by atoms with Crippen molar-refractivity contribution in [2.24, 2.45) is 0 Å². The third-order valence-corrected chi connectivity index (χ3v) is 7.40. The topological polar surface area (TPSA) is 70.1 Å². The summed E-state index contributed by atoms with van der Waals surface area (Å²) in [4.78, 5) is 28.8. The summed E-state index contributed by atoms with van der Waals surface area (Å²) in [5, 5.41) is 11.2. The number of hydrogen-bond donors (Lipinski definition) is 1. The molecule has 6 nitrogen and oxygen atoms in total. The second kappa shape index (κ2) is 10.6. The van der Waals surface area contributed by atoms with Crippen LogP contribution in [-0.2, 0) is 16.5 Å². The van der Waals surface area contributed by atoms with Crippen molar-refractivity contribution >= 4 is 12.0 Å². The Morgan fingerprint density at radius 2 is 1.42 bits per heavy atom. The lowest BCUT2D eigenvalue weighted by molar-refractivity contribution is -0.137. The van der Waals surface area contributed by atoms with Crippen molar-refractivity contribution < 1.29 is 32.6 Å². The van der Waals surface area contributed by atoms with Crippen LogP contribution in [0.1, 0.15) is 79.4 Å². The molecule has 0 spiro atoms. The van der Waals surface area contributed by atoms with Crippen LogP contribution in [0.4, 0.5) is 18.0 Å². The SMILES string of the molecule is CC(C)(C)OC(=O)N1CCC(O)(c2ccc(C(=O)N3CCC(c4ccc(C(F)(F)F)cc4)CC3)cc2)CC1. The van der Waals surface area contributed by atoms with Gasteiger partial charge in [-0.3, -0.25) is 4.79 Å². The van der Waals surface area contributed by atoms with Crippen LogP contribution in [0.25, 0.3) is 0 Å². The van der Waals surface area contributed by atoms with Gasteiger partial charge in [0.2, 0.25) is 0 Å². The van der Waals surface area contributed by atoms with E-state index in [1.54, 1.807) is 34.1 Å². The molecule has 2 saturated heterocycles. The van der Waals surface area contributed by atoms with E-state index >= 15 is 0 Å². The van der Waals surface area contributed by atoms with E-state index in [4.69, 9.17) is 4.74 Å². The first-order valence-electron chi connectivity index (χ1n) is 13.0. The minimum absolute atomic E-state index is 0.103. The Morgan fingerprint density at radius 1 is 0.868 bits per heavy atom. The van der Waals surface area contributed by atoms with Gasteiger partial charge in [0.25, 0.3) is 5.91 Å². The van der Waals surface area contributed by atoms with Gasteiger partial charge < -0.3 is 19.6 Å². The lowest BCUT2D eigenvalue weighted by atomic mass is 9.84. The molecule has 2 heterocycles. The fourth-order valence-corrected chi connectivity index (χ4v) is 5.14. The molecule has 0 aliphatic carbocycles. The van der Waals surface area contributed by atoms with Crippen LogP contribution in [0.3, 0.4) is 0 Å². The quantitative estimate of drug-likeness (QED) is 0.531. The predicted octanol–water partition coefficient (Wildman–Crippen LogP) is 5.94. The van der Waals surface area contributed by atoms with E-state index in [-0.39, 0.29) is 17.9 Å². The van der Waals surface area contributed by atoms with Crippen LogP contribution in [0.15, 0.2) is 48.5 Å². The molecule has 0 unspecified atom stereocenters. The maximum absolute atomic E-state index is 13.1. The van der Waals surface area contributed by atoms with Crippen LogP contribution in [0, 0.1) is 0 Å². The molecule has 2 fully saturated rings. The van der Waals surface area contributed by atoms with E-state index in [2.05, 4.69) is 0 Å². The Labute approximate surface area is 221 Å². The number of benzene rings is 2. The summed E-state index contributed by atoms with van der Waals surface area (Å²) in [6.45, 7) is 7.24. The maximum Gasteiger partial charge on any atom is 0.416 e. The minimum Gasteiger partial charge on any atom is -0.444 e. The zero-order valence-corrected chi connectivity index (χ0v) is 22.1. The molecule has 2 amide bonds. The predicted molar refractivity (Wildman–Crippen MR) is 137 cm³/mol. The fourth-order valence-electron chi connectivity index (χ4n) is 5.14. The molecule has 2 aromatic carbocycles. The molecule has 4 rings (SSSR count). The summed E-state index contributed by atoms with van der Waals surface area (Å²) in [5.41, 5.74) is -0.225. The van der Waals surface area contributed by atoms with E-state index in [0.717, 1.165) is 17.7 Å². The smallest absolute Gasteiger partial charge is 0.416 e. The molecule has 0 aromatic heterocycles. The summed E-state index contributed by atoms with van der Waals surface area (Å²) in [6, 6.07) is 12.3. The highest BCUT2D eigenvalue weighted by Crippen LogP contribution is 2.35. The molecule has 38 heavy (non-hydrogen) atoms. The summed E-state index contributed by atoms with van der Waals surface area (Å²) in [6.07, 6.45) is -2.63. The number of likely N-dealkylation sites (tertiary alicyclic amines) is 2. The van der Waals surface area contributed by atoms with Crippen molar-refractivity contribution in [2.45, 2.75) is 69.8 Å². The Morgan fingerprint density at radius 3 is 1.92 bits per heavy atom. The van der Waals surface area contributed by atoms with Gasteiger partial charge in [0.05, 0.1) is 11.2 Å². The van der Waals surface area contributed by atoms with Crippen LogP contribution in [0.5, 0.6) is 0 Å². The number of aliphatic hydroxyl groups is 1. The van der Waals surface area contributed by atoms with Crippen molar-refractivity contribution in [1.29, 1.82) is 0 Å². The average molecular weight is 533 g/mol. The zero-order valence-electron chi connectivity index (χ0n) is 22.1. The molecule has 0 radical (unpaired) electrons. The second-order valence-corrected chi connectivity index (χ2v) is 11.3. The van der Waals surface area contributed by atoms with Crippen LogP contribution in [-0.4, -0.2) is 58.7 Å². The first-order chi connectivity index (χ1) is 17.7. The third kappa shape index (κ3) is 6.49. The van der Waals surface area contributed by atoms with Crippen LogP contribution >= 0.6 is 0 Å². The van der Waals surface area contributed by atoms with Crippen molar-refractivity contribution in [1.82, 2.24) is 9.80 Å². The van der Waals surface area contributed by atoms with E-state index < -0.39 is 22.9 Å². The van der Waals surface area contributed by atoms with Gasteiger partial charge in [-0.1, -0.05) is 24.3 Å². The maximum atomic E-state index is 13.1. The number of amides is 2. The van der Waals surface area contributed by atoms with E-state index in [9.17, 15) is 27.9 Å². The van der Waals surface area contributed by atoms with E-state index in [1.165, 1.54) is 12.1 Å². The second-order valence-electron chi connectivity index (χ2n) is 11.3. The number of hydrogen-bond acceptors (Lipinski definition) is 4. The van der Waals surface area contributed by atoms with E-state index in [0.29, 0.717) is 63.0 Å². The van der Waals surface area contributed by atoms with Crippen molar-refractivity contribution in [3.8, 4) is 0 Å². The molecule has 0 atom stereocenters. The number of alkyl halides is 3. The van der Waals surface area contributed by atoms with E-state index in [1.807, 2.05) is 20.8 Å². The highest BCUT2D eigenvalue weighted by molar-refractivity contribution is 5.94. The summed E-state index contributed by atoms with van der Waals surface area (Å²) in [7, 11) is 0. The zero-order chi connectivity index (χ0) is 27.7. The Bertz CT molecular complexity index is 1120. The number of nitrogens with zero attached hydrogens (tertiary/aromatic N) is 2. The number of rotatable bonds is 3. The number of piperidine rings is 2. The highest BCUT2D eigenvalue weighted by atomic mass is 19.4. The van der Waals surface area contributed by atoms with Gasteiger partial charge in [0.1, 0.15) is 5.60 Å². The lowest BCUT2D eigenvalue weighted by Crippen LogP contribution is -2.46. The first-order valence-corrected chi connectivity index (χ1v) is 13.0. The highest BCUT2D eigenvalue weighted by Gasteiger charge is 2.37. The largest absolute Gasteiger partial charge is 0.444 e. The van der Waals surface area contributed by atoms with Crippen molar-refractivity contribution in [3.63, 3.8) is 0 Å². The molecule has 9 heteroatoms. The lowest BCUT2D eigenvalue weighted by Gasteiger charge is -2.39. The van der Waals surface area contributed by atoms with Crippen molar-refractivity contribution in [2.75, 3.05) is 26.2 Å². The molecule has 2 aliphatic heterocycles. The molecular weight excluding hydrogens is 497 g/mol.